The van der Waals surface area contributed by atoms with E-state index < -0.39 is 0 Å². The zero-order valence-corrected chi connectivity index (χ0v) is 12.3. The Bertz CT molecular complexity index is 606. The Morgan fingerprint density at radius 3 is 3.05 bits per heavy atom. The number of carbonyl (C=O) groups excluding carboxylic acids is 1. The fourth-order valence-corrected chi connectivity index (χ4v) is 2.57. The van der Waals surface area contributed by atoms with Gasteiger partial charge < -0.3 is 9.64 Å². The molecule has 0 bridgehead atoms. The topological polar surface area (TPSA) is 68.2 Å². The van der Waals surface area contributed by atoms with Gasteiger partial charge in [-0.05, 0) is 24.5 Å². The van der Waals surface area contributed by atoms with Crippen LogP contribution in [-0.2, 0) is 11.2 Å². The van der Waals surface area contributed by atoms with Crippen LogP contribution in [0, 0.1) is 0 Å². The van der Waals surface area contributed by atoms with E-state index >= 15 is 0 Å². The van der Waals surface area contributed by atoms with E-state index in [4.69, 9.17) is 4.74 Å². The highest BCUT2D eigenvalue weighted by atomic mass is 16.5. The van der Waals surface area contributed by atoms with Crippen LogP contribution >= 0.6 is 0 Å². The lowest BCUT2D eigenvalue weighted by Crippen LogP contribution is -2.45. The Balaban J connectivity index is 1.57. The first-order valence-corrected chi connectivity index (χ1v) is 7.40. The lowest BCUT2D eigenvalue weighted by Gasteiger charge is -2.32. The predicted octanol–water partition coefficient (Wildman–Crippen LogP) is 1.48. The summed E-state index contributed by atoms with van der Waals surface area (Å²) in [4.78, 5) is 26.2. The van der Waals surface area contributed by atoms with Gasteiger partial charge in [0.1, 0.15) is 12.4 Å². The zero-order chi connectivity index (χ0) is 15.2. The van der Waals surface area contributed by atoms with E-state index in [0.29, 0.717) is 18.8 Å². The van der Waals surface area contributed by atoms with Crippen LogP contribution in [0.1, 0.15) is 18.4 Å². The molecule has 3 rings (SSSR count). The summed E-state index contributed by atoms with van der Waals surface area (Å²) in [6.07, 6.45) is 8.79. The minimum absolute atomic E-state index is 0.0125. The Morgan fingerprint density at radius 1 is 1.32 bits per heavy atom. The van der Waals surface area contributed by atoms with Gasteiger partial charge >= 0.3 is 0 Å². The molecule has 2 aromatic rings. The second-order valence-electron chi connectivity index (χ2n) is 5.31. The molecule has 1 fully saturated rings. The predicted molar refractivity (Wildman–Crippen MR) is 80.2 cm³/mol. The summed E-state index contributed by atoms with van der Waals surface area (Å²) in [6.45, 7) is 1.38. The molecule has 1 atom stereocenters. The molecule has 114 valence electrons. The first kappa shape index (κ1) is 14.4. The molecule has 6 heteroatoms. The van der Waals surface area contributed by atoms with Gasteiger partial charge in [0.25, 0.3) is 0 Å². The van der Waals surface area contributed by atoms with Crippen LogP contribution < -0.4 is 4.74 Å². The SMILES string of the molecule is O=C(Cc1cccnc1)N1CCC[C@H](Oc2ccncn2)C1. The van der Waals surface area contributed by atoms with Crippen molar-refractivity contribution >= 4 is 5.91 Å². The quantitative estimate of drug-likeness (QED) is 0.855. The molecule has 22 heavy (non-hydrogen) atoms. The van der Waals surface area contributed by atoms with Gasteiger partial charge in [0.2, 0.25) is 11.8 Å². The average molecular weight is 298 g/mol. The number of piperidine rings is 1. The molecule has 3 heterocycles. The van der Waals surface area contributed by atoms with Gasteiger partial charge in [-0.15, -0.1) is 0 Å². The first-order chi connectivity index (χ1) is 10.8. The third-order valence-corrected chi connectivity index (χ3v) is 3.65. The highest BCUT2D eigenvalue weighted by Gasteiger charge is 2.25. The maximum Gasteiger partial charge on any atom is 0.227 e. The molecule has 6 nitrogen and oxygen atoms in total. The standard InChI is InChI=1S/C16H18N4O2/c21-16(9-13-3-1-6-17-10-13)20-8-2-4-14(11-20)22-15-5-7-18-12-19-15/h1,3,5-7,10,12,14H,2,4,8-9,11H2/t14-/m0/s1. The molecule has 1 saturated heterocycles. The minimum atomic E-state index is -0.0125. The highest BCUT2D eigenvalue weighted by Crippen LogP contribution is 2.17. The molecule has 0 spiro atoms. The van der Waals surface area contributed by atoms with E-state index in [0.717, 1.165) is 24.9 Å². The Morgan fingerprint density at radius 2 is 2.27 bits per heavy atom. The van der Waals surface area contributed by atoms with Crippen LogP contribution in [0.3, 0.4) is 0 Å². The van der Waals surface area contributed by atoms with Gasteiger partial charge in [0.15, 0.2) is 0 Å². The molecule has 0 aromatic carbocycles. The summed E-state index contributed by atoms with van der Waals surface area (Å²) < 4.78 is 5.83. The van der Waals surface area contributed by atoms with E-state index in [1.54, 1.807) is 24.7 Å². The van der Waals surface area contributed by atoms with Crippen molar-refractivity contribution in [2.45, 2.75) is 25.4 Å². The van der Waals surface area contributed by atoms with Gasteiger partial charge in [-0.1, -0.05) is 6.07 Å². The number of nitrogens with zero attached hydrogens (tertiary/aromatic N) is 4. The van der Waals surface area contributed by atoms with Crippen molar-refractivity contribution in [1.82, 2.24) is 19.9 Å². The van der Waals surface area contributed by atoms with Crippen LogP contribution in [0.5, 0.6) is 5.88 Å². The monoisotopic (exact) mass is 298 g/mol. The lowest BCUT2D eigenvalue weighted by molar-refractivity contribution is -0.133. The number of aromatic nitrogens is 3. The number of rotatable bonds is 4. The van der Waals surface area contributed by atoms with Gasteiger partial charge in [-0.2, -0.15) is 0 Å². The van der Waals surface area contributed by atoms with E-state index in [2.05, 4.69) is 15.0 Å². The van der Waals surface area contributed by atoms with Crippen molar-refractivity contribution < 1.29 is 9.53 Å². The number of ether oxygens (including phenoxy) is 1. The minimum Gasteiger partial charge on any atom is -0.472 e. The van der Waals surface area contributed by atoms with Crippen LogP contribution in [0.2, 0.25) is 0 Å². The van der Waals surface area contributed by atoms with E-state index in [9.17, 15) is 4.79 Å². The molecule has 1 amide bonds. The summed E-state index contributed by atoms with van der Waals surface area (Å²) in [5, 5.41) is 0. The second-order valence-corrected chi connectivity index (χ2v) is 5.31. The normalized spacial score (nSPS) is 18.0. The van der Waals surface area contributed by atoms with Crippen LogP contribution in [0.4, 0.5) is 0 Å². The number of amides is 1. The van der Waals surface area contributed by atoms with E-state index in [1.807, 2.05) is 17.0 Å². The highest BCUT2D eigenvalue weighted by molar-refractivity contribution is 5.78. The lowest BCUT2D eigenvalue weighted by atomic mass is 10.1. The van der Waals surface area contributed by atoms with Crippen LogP contribution in [0.15, 0.2) is 43.1 Å². The number of likely N-dealkylation sites (tertiary alicyclic amines) is 1. The van der Waals surface area contributed by atoms with Crippen molar-refractivity contribution in [3.05, 3.63) is 48.7 Å². The maximum absolute atomic E-state index is 12.4. The van der Waals surface area contributed by atoms with Gasteiger partial charge in [-0.25, -0.2) is 9.97 Å². The molecule has 1 aliphatic heterocycles. The van der Waals surface area contributed by atoms with Crippen LogP contribution in [0.25, 0.3) is 0 Å². The first-order valence-electron chi connectivity index (χ1n) is 7.40. The molecular formula is C16H18N4O2. The molecule has 0 unspecified atom stereocenters. The van der Waals surface area contributed by atoms with Crippen LogP contribution in [-0.4, -0.2) is 45.0 Å². The summed E-state index contributed by atoms with van der Waals surface area (Å²) in [5.41, 5.74) is 0.936. The summed E-state index contributed by atoms with van der Waals surface area (Å²) in [7, 11) is 0. The fourth-order valence-electron chi connectivity index (χ4n) is 2.57. The smallest absolute Gasteiger partial charge is 0.227 e. The Kier molecular flexibility index (Phi) is 4.58. The Labute approximate surface area is 129 Å². The van der Waals surface area contributed by atoms with E-state index in [1.165, 1.54) is 6.33 Å². The molecule has 0 aliphatic carbocycles. The fraction of sp³-hybridized carbons (Fsp3) is 0.375. The maximum atomic E-state index is 12.4. The molecular weight excluding hydrogens is 280 g/mol. The average Bonchev–Trinajstić information content (AvgIpc) is 2.57. The van der Waals surface area contributed by atoms with Crippen molar-refractivity contribution in [3.63, 3.8) is 0 Å². The van der Waals surface area contributed by atoms with Gasteiger partial charge in [0.05, 0.1) is 13.0 Å². The van der Waals surface area contributed by atoms with Gasteiger partial charge in [-0.3, -0.25) is 9.78 Å². The third-order valence-electron chi connectivity index (χ3n) is 3.65. The molecule has 0 saturated carbocycles. The van der Waals surface area contributed by atoms with Crippen molar-refractivity contribution in [1.29, 1.82) is 0 Å². The Hall–Kier alpha value is -2.50. The number of hydrogen-bond donors (Lipinski definition) is 0. The van der Waals surface area contributed by atoms with Crippen molar-refractivity contribution in [2.75, 3.05) is 13.1 Å². The van der Waals surface area contributed by atoms with Crippen molar-refractivity contribution in [3.8, 4) is 5.88 Å². The number of carbonyl (C=O) groups is 1. The zero-order valence-electron chi connectivity index (χ0n) is 12.3. The third kappa shape index (κ3) is 3.78. The molecule has 0 radical (unpaired) electrons. The number of pyridine rings is 1. The molecule has 1 aliphatic rings. The summed E-state index contributed by atoms with van der Waals surface area (Å²) in [6, 6.07) is 5.50. The van der Waals surface area contributed by atoms with E-state index in [-0.39, 0.29) is 12.0 Å². The second kappa shape index (κ2) is 6.98. The molecule has 2 aromatic heterocycles. The summed E-state index contributed by atoms with van der Waals surface area (Å²) >= 11 is 0. The number of hydrogen-bond acceptors (Lipinski definition) is 5. The molecule has 0 N–H and O–H groups in total. The van der Waals surface area contributed by atoms with Gasteiger partial charge in [0, 0.05) is 31.2 Å². The largest absolute Gasteiger partial charge is 0.472 e. The van der Waals surface area contributed by atoms with Crippen molar-refractivity contribution in [2.24, 2.45) is 0 Å². The summed E-state index contributed by atoms with van der Waals surface area (Å²) in [5.74, 6) is 0.672.